The summed E-state index contributed by atoms with van der Waals surface area (Å²) in [4.78, 5) is 39.3. The van der Waals surface area contributed by atoms with Gasteiger partial charge in [0.1, 0.15) is 12.2 Å². The van der Waals surface area contributed by atoms with Crippen LogP contribution >= 0.6 is 0 Å². The van der Waals surface area contributed by atoms with E-state index < -0.39 is 54.6 Å². The molecule has 0 saturated heterocycles. The number of rotatable bonds is 38. The first-order valence-corrected chi connectivity index (χ1v) is 21.7. The zero-order chi connectivity index (χ0) is 40.5. The van der Waals surface area contributed by atoms with Crippen LogP contribution in [0.5, 0.6) is 0 Å². The molecule has 0 unspecified atom stereocenters. The van der Waals surface area contributed by atoms with Crippen molar-refractivity contribution in [3.8, 4) is 0 Å². The topological polar surface area (TPSA) is 200 Å². The predicted octanol–water partition coefficient (Wildman–Crippen LogP) is 7.79. The lowest BCUT2D eigenvalue weighted by Crippen LogP contribution is -2.70. The van der Waals surface area contributed by atoms with Crippen LogP contribution in [-0.4, -0.2) is 85.2 Å². The molecule has 0 aromatic rings. The van der Waals surface area contributed by atoms with Crippen LogP contribution in [0.2, 0.25) is 0 Å². The molecule has 0 aliphatic carbocycles. The van der Waals surface area contributed by atoms with E-state index in [0.29, 0.717) is 38.5 Å². The van der Waals surface area contributed by atoms with Crippen molar-refractivity contribution in [1.82, 2.24) is 0 Å². The molecule has 0 radical (unpaired) electrons. The lowest BCUT2D eigenvalue weighted by Gasteiger charge is -2.43. The quantitative estimate of drug-likeness (QED) is 0.0202. The van der Waals surface area contributed by atoms with Gasteiger partial charge in [0, 0.05) is 19.3 Å². The number of hydrogen-bond acceptors (Lipinski definition) is 12. The Kier molecular flexibility index (Phi) is 32.2. The molecule has 0 fully saturated rings. The van der Waals surface area contributed by atoms with Crippen LogP contribution in [-0.2, 0) is 28.6 Å². The fourth-order valence-electron chi connectivity index (χ4n) is 6.40. The number of unbranched alkanes of at least 4 members (excludes halogenated alkanes) is 24. The maximum Gasteiger partial charge on any atom is 0.446 e. The smallest absolute Gasteiger partial charge is 0.419 e. The van der Waals surface area contributed by atoms with E-state index in [1.165, 1.54) is 38.5 Å². The Hall–Kier alpha value is -1.83. The lowest BCUT2D eigenvalue weighted by atomic mass is 9.97. The highest BCUT2D eigenvalue weighted by Crippen LogP contribution is 2.35. The van der Waals surface area contributed by atoms with Gasteiger partial charge in [0.05, 0.1) is 6.61 Å². The van der Waals surface area contributed by atoms with Crippen molar-refractivity contribution in [2.75, 3.05) is 6.61 Å². The second-order valence-corrected chi connectivity index (χ2v) is 15.1. The summed E-state index contributed by atoms with van der Waals surface area (Å²) in [6.45, 7) is 5.38. The highest BCUT2D eigenvalue weighted by molar-refractivity contribution is 5.73. The van der Waals surface area contributed by atoms with Gasteiger partial charge >= 0.3 is 29.7 Å². The molecule has 0 spiro atoms. The molecule has 4 atom stereocenters. The van der Waals surface area contributed by atoms with E-state index in [0.717, 1.165) is 96.3 Å². The molecule has 0 rings (SSSR count). The molecular weight excluding hydrogens is 696 g/mol. The summed E-state index contributed by atoms with van der Waals surface area (Å²) >= 11 is 0. The average Bonchev–Trinajstić information content (AvgIpc) is 3.14. The number of carbonyl (C=O) groups is 3. The van der Waals surface area contributed by atoms with Gasteiger partial charge in [0.25, 0.3) is 0 Å². The van der Waals surface area contributed by atoms with Crippen molar-refractivity contribution in [1.29, 1.82) is 0 Å². The third-order valence-corrected chi connectivity index (χ3v) is 9.99. The summed E-state index contributed by atoms with van der Waals surface area (Å²) < 4.78 is 15.5. The van der Waals surface area contributed by atoms with Gasteiger partial charge in [0.15, 0.2) is 6.10 Å². The summed E-state index contributed by atoms with van der Waals surface area (Å²) in [5.74, 6) is -11.0. The summed E-state index contributed by atoms with van der Waals surface area (Å²) in [5, 5.41) is 64.6. The van der Waals surface area contributed by atoms with E-state index in [9.17, 15) is 45.0 Å². The van der Waals surface area contributed by atoms with E-state index in [-0.39, 0.29) is 19.3 Å². The van der Waals surface area contributed by atoms with Crippen LogP contribution in [0.15, 0.2) is 0 Å². The molecule has 0 amide bonds. The summed E-state index contributed by atoms with van der Waals surface area (Å²) in [5.41, 5.74) is 0. The highest BCUT2D eigenvalue weighted by Gasteiger charge is 2.67. The Morgan fingerprint density at radius 1 is 0.444 bits per heavy atom. The van der Waals surface area contributed by atoms with Crippen molar-refractivity contribution < 1.29 is 59.2 Å². The SMILES string of the molecule is CCCCCCCCCCCC(=O)OC(O)(OC(=O)CCCCCCCCCCC)[C@](O)(OC(=O)CCCCCCCCCCC)[C@H](O)[C@H](O)[C@@H](O)CO. The fraction of sp³-hybridized carbons (Fsp3) is 0.929. The van der Waals surface area contributed by atoms with Gasteiger partial charge in [-0.15, -0.1) is 0 Å². The van der Waals surface area contributed by atoms with E-state index in [2.05, 4.69) is 20.8 Å². The van der Waals surface area contributed by atoms with Crippen molar-refractivity contribution in [2.45, 2.75) is 243 Å². The molecule has 0 aliphatic heterocycles. The number of hydrogen-bond donors (Lipinski definition) is 6. The molecule has 320 valence electrons. The third kappa shape index (κ3) is 23.9. The first kappa shape index (κ1) is 52.2. The van der Waals surface area contributed by atoms with Gasteiger partial charge in [-0.05, 0) is 19.3 Å². The minimum Gasteiger partial charge on any atom is -0.419 e. The normalized spacial score (nSPS) is 14.6. The minimum absolute atomic E-state index is 0.256. The van der Waals surface area contributed by atoms with Crippen LogP contribution in [0.3, 0.4) is 0 Å². The number of esters is 3. The Bertz CT molecular complexity index is 895. The first-order chi connectivity index (χ1) is 25.9. The molecule has 6 N–H and O–H groups in total. The van der Waals surface area contributed by atoms with Crippen molar-refractivity contribution in [3.05, 3.63) is 0 Å². The fourth-order valence-corrected chi connectivity index (χ4v) is 6.40. The van der Waals surface area contributed by atoms with Crippen LogP contribution in [0.4, 0.5) is 0 Å². The lowest BCUT2D eigenvalue weighted by molar-refractivity contribution is -0.465. The molecule has 0 bridgehead atoms. The molecular formula is C42H80O12. The van der Waals surface area contributed by atoms with Crippen LogP contribution in [0.1, 0.15) is 213 Å². The van der Waals surface area contributed by atoms with Gasteiger partial charge in [-0.2, -0.15) is 0 Å². The Morgan fingerprint density at radius 3 is 0.981 bits per heavy atom. The number of aliphatic hydroxyl groups excluding tert-OH is 4. The molecule has 12 nitrogen and oxygen atoms in total. The van der Waals surface area contributed by atoms with E-state index >= 15 is 0 Å². The molecule has 0 aromatic carbocycles. The number of ether oxygens (including phenoxy) is 3. The van der Waals surface area contributed by atoms with Gasteiger partial charge in [-0.3, -0.25) is 14.4 Å². The van der Waals surface area contributed by atoms with Crippen molar-refractivity contribution in [2.24, 2.45) is 0 Å². The number of carbonyl (C=O) groups excluding carboxylic acids is 3. The Balaban J connectivity index is 5.80. The highest BCUT2D eigenvalue weighted by atomic mass is 16.9. The van der Waals surface area contributed by atoms with Gasteiger partial charge in [0.2, 0.25) is 0 Å². The predicted molar refractivity (Wildman–Crippen MR) is 209 cm³/mol. The third-order valence-electron chi connectivity index (χ3n) is 9.99. The molecule has 0 aromatic heterocycles. The van der Waals surface area contributed by atoms with E-state index in [4.69, 9.17) is 14.2 Å². The van der Waals surface area contributed by atoms with Crippen LogP contribution in [0, 0.1) is 0 Å². The maximum atomic E-state index is 13.1. The molecule has 0 saturated carbocycles. The van der Waals surface area contributed by atoms with Gasteiger partial charge in [-0.25, -0.2) is 0 Å². The largest absolute Gasteiger partial charge is 0.446 e. The van der Waals surface area contributed by atoms with Crippen molar-refractivity contribution in [3.63, 3.8) is 0 Å². The second kappa shape index (κ2) is 33.3. The van der Waals surface area contributed by atoms with Gasteiger partial charge in [-0.1, -0.05) is 175 Å². The van der Waals surface area contributed by atoms with E-state index in [1.54, 1.807) is 0 Å². The van der Waals surface area contributed by atoms with Crippen molar-refractivity contribution >= 4 is 17.9 Å². The molecule has 0 aliphatic rings. The Labute approximate surface area is 326 Å². The first-order valence-electron chi connectivity index (χ1n) is 21.7. The summed E-state index contributed by atoms with van der Waals surface area (Å²) in [6, 6.07) is 0. The van der Waals surface area contributed by atoms with Gasteiger partial charge < -0.3 is 44.8 Å². The molecule has 12 heteroatoms. The second-order valence-electron chi connectivity index (χ2n) is 15.1. The average molecular weight is 777 g/mol. The monoisotopic (exact) mass is 777 g/mol. The van der Waals surface area contributed by atoms with Crippen LogP contribution in [0.25, 0.3) is 0 Å². The zero-order valence-electron chi connectivity index (χ0n) is 34.3. The summed E-state index contributed by atoms with van der Waals surface area (Å²) in [7, 11) is 0. The molecule has 54 heavy (non-hydrogen) atoms. The van der Waals surface area contributed by atoms with Crippen LogP contribution < -0.4 is 0 Å². The Morgan fingerprint density at radius 2 is 0.704 bits per heavy atom. The maximum absolute atomic E-state index is 13.1. The molecule has 0 heterocycles. The van der Waals surface area contributed by atoms with E-state index in [1.807, 2.05) is 0 Å². The standard InChI is InChI=1S/C42H80O12/c1-4-7-10-13-16-19-22-25-28-31-36(45)52-41(50,40(49)39(48)35(44)34-43)42(51,53-37(46)32-29-26-23-20-17-14-11-8-5-2)54-38(47)33-30-27-24-21-18-15-12-9-6-3/h35,39-40,43-44,48-51H,4-34H2,1-3H3/t35-,39+,40+,41+/m0/s1. The minimum atomic E-state index is -3.80. The summed E-state index contributed by atoms with van der Waals surface area (Å²) in [6.07, 6.45) is 17.7. The zero-order valence-corrected chi connectivity index (χ0v) is 34.3. The number of aliphatic hydroxyl groups is 6.